The van der Waals surface area contributed by atoms with E-state index in [-0.39, 0.29) is 25.5 Å². The number of carbonyl (C=O) groups excluding carboxylic acids is 1. The van der Waals surface area contributed by atoms with E-state index in [1.54, 1.807) is 6.92 Å². The summed E-state index contributed by atoms with van der Waals surface area (Å²) in [6, 6.07) is 0. The molecule has 1 rings (SSSR count). The molecule has 0 bridgehead atoms. The minimum absolute atomic E-state index is 0.00727. The molecule has 7 heteroatoms. The van der Waals surface area contributed by atoms with Crippen LogP contribution in [-0.2, 0) is 24.3 Å². The average molecular weight is 263 g/mol. The van der Waals surface area contributed by atoms with E-state index >= 15 is 0 Å². The van der Waals surface area contributed by atoms with E-state index in [9.17, 15) is 13.2 Å². The lowest BCUT2D eigenvalue weighted by Gasteiger charge is -2.30. The van der Waals surface area contributed by atoms with Crippen LogP contribution in [0, 0.1) is 0 Å². The fraction of sp³-hybridized carbons (Fsp3) is 0.700. The quantitative estimate of drug-likeness (QED) is 0.506. The first-order valence-corrected chi connectivity index (χ1v) is 7.13. The lowest BCUT2D eigenvalue weighted by Crippen LogP contribution is -2.48. The van der Waals surface area contributed by atoms with Gasteiger partial charge in [-0.05, 0) is 6.92 Å². The lowest BCUT2D eigenvalue weighted by atomic mass is 10.2. The van der Waals surface area contributed by atoms with E-state index in [1.165, 1.54) is 4.31 Å². The van der Waals surface area contributed by atoms with Gasteiger partial charge in [0, 0.05) is 13.1 Å². The van der Waals surface area contributed by atoms with Crippen molar-refractivity contribution in [1.29, 1.82) is 0 Å². The van der Waals surface area contributed by atoms with Crippen molar-refractivity contribution in [2.45, 2.75) is 13.0 Å². The minimum atomic E-state index is -3.30. The first-order chi connectivity index (χ1) is 7.86. The number of hydrogen-bond donors (Lipinski definition) is 0. The molecule has 0 aromatic rings. The van der Waals surface area contributed by atoms with Crippen LogP contribution in [0.15, 0.2) is 12.3 Å². The van der Waals surface area contributed by atoms with Crippen molar-refractivity contribution < 1.29 is 22.7 Å². The Hall–Kier alpha value is -0.920. The molecule has 1 unspecified atom stereocenters. The van der Waals surface area contributed by atoms with Crippen molar-refractivity contribution in [2.75, 3.05) is 32.6 Å². The second-order valence-corrected chi connectivity index (χ2v) is 5.68. The third-order valence-electron chi connectivity index (χ3n) is 2.38. The normalized spacial score (nSPS) is 22.1. The van der Waals surface area contributed by atoms with Gasteiger partial charge in [-0.2, -0.15) is 4.31 Å². The van der Waals surface area contributed by atoms with Gasteiger partial charge in [0.25, 0.3) is 0 Å². The van der Waals surface area contributed by atoms with Crippen molar-refractivity contribution in [3.63, 3.8) is 0 Å². The van der Waals surface area contributed by atoms with E-state index in [0.717, 1.165) is 6.26 Å². The number of hydrogen-bond acceptors (Lipinski definition) is 5. The number of rotatable bonds is 5. The summed E-state index contributed by atoms with van der Waals surface area (Å²) in [7, 11) is -3.30. The van der Waals surface area contributed by atoms with E-state index in [1.807, 2.05) is 0 Å². The maximum Gasteiger partial charge on any atom is 0.226 e. The number of nitrogens with zero attached hydrogens (tertiary/aromatic N) is 1. The van der Waals surface area contributed by atoms with Crippen LogP contribution in [0.4, 0.5) is 0 Å². The summed E-state index contributed by atoms with van der Waals surface area (Å²) in [4.78, 5) is 11.8. The van der Waals surface area contributed by atoms with Gasteiger partial charge in [-0.1, -0.05) is 6.58 Å². The Morgan fingerprint density at radius 1 is 1.59 bits per heavy atom. The van der Waals surface area contributed by atoms with Gasteiger partial charge in [0.15, 0.2) is 5.76 Å². The highest BCUT2D eigenvalue weighted by Gasteiger charge is 2.32. The smallest absolute Gasteiger partial charge is 0.226 e. The zero-order valence-corrected chi connectivity index (χ0v) is 10.8. The maximum atomic E-state index is 11.8. The predicted octanol–water partition coefficient (Wildman–Crippen LogP) is -0.234. The monoisotopic (exact) mass is 263 g/mol. The fourth-order valence-corrected chi connectivity index (χ4v) is 2.32. The van der Waals surface area contributed by atoms with E-state index in [2.05, 4.69) is 6.58 Å². The minimum Gasteiger partial charge on any atom is -0.491 e. The Kier molecular flexibility index (Phi) is 4.67. The van der Waals surface area contributed by atoms with Gasteiger partial charge in [0.1, 0.15) is 6.10 Å². The molecule has 1 atom stereocenters. The molecule has 1 saturated heterocycles. The van der Waals surface area contributed by atoms with Crippen LogP contribution in [0.5, 0.6) is 0 Å². The van der Waals surface area contributed by atoms with Gasteiger partial charge in [-0.3, -0.25) is 4.79 Å². The largest absolute Gasteiger partial charge is 0.491 e. The van der Waals surface area contributed by atoms with Crippen molar-refractivity contribution >= 4 is 15.8 Å². The summed E-state index contributed by atoms with van der Waals surface area (Å²) in [5.41, 5.74) is 0. The molecule has 6 nitrogen and oxygen atoms in total. The molecule has 0 aromatic carbocycles. The Morgan fingerprint density at radius 3 is 2.76 bits per heavy atom. The Balaban J connectivity index is 2.67. The summed E-state index contributed by atoms with van der Waals surface area (Å²) in [5.74, 6) is -0.395. The highest BCUT2D eigenvalue weighted by atomic mass is 32.2. The van der Waals surface area contributed by atoms with Gasteiger partial charge in [-0.25, -0.2) is 8.42 Å². The average Bonchev–Trinajstić information content (AvgIpc) is 2.27. The van der Waals surface area contributed by atoms with Crippen LogP contribution in [0.2, 0.25) is 0 Å². The van der Waals surface area contributed by atoms with Crippen LogP contribution in [0.1, 0.15) is 6.92 Å². The molecule has 1 heterocycles. The Morgan fingerprint density at radius 2 is 2.24 bits per heavy atom. The van der Waals surface area contributed by atoms with Gasteiger partial charge in [0.2, 0.25) is 15.8 Å². The highest BCUT2D eigenvalue weighted by molar-refractivity contribution is 7.88. The lowest BCUT2D eigenvalue weighted by molar-refractivity contribution is -0.133. The molecule has 1 aliphatic rings. The van der Waals surface area contributed by atoms with E-state index < -0.39 is 21.9 Å². The molecule has 1 aliphatic heterocycles. The first kappa shape index (κ1) is 14.1. The molecular formula is C10H17NO5S. The summed E-state index contributed by atoms with van der Waals surface area (Å²) >= 11 is 0. The zero-order valence-electron chi connectivity index (χ0n) is 10.0. The zero-order chi connectivity index (χ0) is 13.1. The van der Waals surface area contributed by atoms with Crippen LogP contribution >= 0.6 is 0 Å². The molecular weight excluding hydrogens is 246 g/mol. The maximum absolute atomic E-state index is 11.8. The number of ketones is 1. The Bertz CT molecular complexity index is 403. The van der Waals surface area contributed by atoms with E-state index in [0.29, 0.717) is 6.61 Å². The predicted molar refractivity (Wildman–Crippen MR) is 61.9 cm³/mol. The molecule has 17 heavy (non-hydrogen) atoms. The molecule has 0 spiro atoms. The second kappa shape index (κ2) is 5.61. The summed E-state index contributed by atoms with van der Waals surface area (Å²) < 4.78 is 34.2. The van der Waals surface area contributed by atoms with Gasteiger partial charge >= 0.3 is 0 Å². The number of Topliss-reactive ketones (excluding diaryl/α,β-unsaturated/α-hetero) is 1. The topological polar surface area (TPSA) is 72.9 Å². The van der Waals surface area contributed by atoms with Crippen LogP contribution < -0.4 is 0 Å². The van der Waals surface area contributed by atoms with Crippen molar-refractivity contribution in [1.82, 2.24) is 4.31 Å². The summed E-state index contributed by atoms with van der Waals surface area (Å²) in [5, 5.41) is 0. The number of carbonyl (C=O) groups is 1. The standard InChI is InChI=1S/C10H17NO5S/c1-4-15-8(2)10(12)9-7-11(5-6-16-9)17(3,13)14/h9H,2,4-7H2,1,3H3. The first-order valence-electron chi connectivity index (χ1n) is 5.29. The molecule has 0 radical (unpaired) electrons. The number of morpholine rings is 1. The third-order valence-corrected chi connectivity index (χ3v) is 3.65. The van der Waals surface area contributed by atoms with Crippen LogP contribution in [-0.4, -0.2) is 57.2 Å². The third kappa shape index (κ3) is 3.79. The van der Waals surface area contributed by atoms with Crippen LogP contribution in [0.25, 0.3) is 0 Å². The molecule has 0 aliphatic carbocycles. The van der Waals surface area contributed by atoms with Crippen molar-refractivity contribution in [3.05, 3.63) is 12.3 Å². The molecule has 0 aromatic heterocycles. The summed E-state index contributed by atoms with van der Waals surface area (Å²) in [6.45, 7) is 6.05. The molecule has 0 N–H and O–H groups in total. The Labute approximate surface area is 101 Å². The van der Waals surface area contributed by atoms with Crippen molar-refractivity contribution in [2.24, 2.45) is 0 Å². The molecule has 0 amide bonds. The molecule has 0 saturated carbocycles. The van der Waals surface area contributed by atoms with Gasteiger partial charge in [-0.15, -0.1) is 0 Å². The molecule has 98 valence electrons. The SMILES string of the molecule is C=C(OCC)C(=O)C1CN(S(C)(=O)=O)CCO1. The fourth-order valence-electron chi connectivity index (χ4n) is 1.51. The van der Waals surface area contributed by atoms with Gasteiger partial charge in [0.05, 0.1) is 19.5 Å². The number of sulfonamides is 1. The highest BCUT2D eigenvalue weighted by Crippen LogP contribution is 2.13. The van der Waals surface area contributed by atoms with Crippen molar-refractivity contribution in [3.8, 4) is 0 Å². The number of ether oxygens (including phenoxy) is 2. The van der Waals surface area contributed by atoms with Gasteiger partial charge < -0.3 is 9.47 Å². The molecule has 1 fully saturated rings. The summed E-state index contributed by atoms with van der Waals surface area (Å²) in [6.07, 6.45) is 0.287. The second-order valence-electron chi connectivity index (χ2n) is 3.70. The van der Waals surface area contributed by atoms with E-state index in [4.69, 9.17) is 9.47 Å². The van der Waals surface area contributed by atoms with Crippen LogP contribution in [0.3, 0.4) is 0 Å².